The molecule has 1 fully saturated rings. The van der Waals surface area contributed by atoms with Crippen LogP contribution in [0.15, 0.2) is 71.4 Å². The van der Waals surface area contributed by atoms with Crippen molar-refractivity contribution in [2.75, 3.05) is 30.4 Å². The molecule has 1 aliphatic heterocycles. The van der Waals surface area contributed by atoms with Crippen molar-refractivity contribution >= 4 is 28.2 Å². The van der Waals surface area contributed by atoms with Gasteiger partial charge < -0.3 is 19.7 Å². The third-order valence-corrected chi connectivity index (χ3v) is 8.10. The van der Waals surface area contributed by atoms with Crippen molar-refractivity contribution in [2.45, 2.75) is 39.8 Å². The molecule has 1 amide bonds. The summed E-state index contributed by atoms with van der Waals surface area (Å²) in [6.07, 6.45) is 1.80. The number of rotatable bonds is 5. The van der Waals surface area contributed by atoms with Crippen molar-refractivity contribution < 1.29 is 9.32 Å². The molecule has 8 heteroatoms. The van der Waals surface area contributed by atoms with Crippen LogP contribution in [0.5, 0.6) is 0 Å². The van der Waals surface area contributed by atoms with Crippen LogP contribution in [-0.4, -0.2) is 58.2 Å². The van der Waals surface area contributed by atoms with Gasteiger partial charge in [0.1, 0.15) is 0 Å². The topological polar surface area (TPSA) is 90.3 Å². The molecule has 0 unspecified atom stereocenters. The Morgan fingerprint density at radius 1 is 0.975 bits per heavy atom. The number of anilines is 2. The number of aromatic amines is 1. The second kappa shape index (κ2) is 10.3. The maximum Gasteiger partial charge on any atom is 0.257 e. The van der Waals surface area contributed by atoms with E-state index in [4.69, 9.17) is 4.52 Å². The molecule has 2 N–H and O–H groups in total. The van der Waals surface area contributed by atoms with Crippen LogP contribution in [0.3, 0.4) is 0 Å². The molecule has 0 radical (unpaired) electrons. The van der Waals surface area contributed by atoms with Gasteiger partial charge in [-0.2, -0.15) is 4.98 Å². The van der Waals surface area contributed by atoms with Crippen LogP contribution in [0, 0.1) is 13.8 Å². The molecule has 0 aliphatic carbocycles. The van der Waals surface area contributed by atoms with Gasteiger partial charge in [-0.15, -0.1) is 0 Å². The van der Waals surface area contributed by atoms with E-state index in [1.54, 1.807) is 13.1 Å². The molecule has 1 aliphatic rings. The van der Waals surface area contributed by atoms with Crippen LogP contribution in [-0.2, 0) is 0 Å². The minimum atomic E-state index is -0.132. The molecule has 1 saturated heterocycles. The molecule has 3 heterocycles. The monoisotopic (exact) mass is 534 g/mol. The summed E-state index contributed by atoms with van der Waals surface area (Å²) in [5, 5.41) is 8.02. The van der Waals surface area contributed by atoms with Crippen molar-refractivity contribution in [3.63, 3.8) is 0 Å². The fourth-order valence-corrected chi connectivity index (χ4v) is 5.58. The van der Waals surface area contributed by atoms with E-state index in [0.717, 1.165) is 57.6 Å². The number of carbonyl (C=O) groups excluding carboxylic acids is 1. The van der Waals surface area contributed by atoms with E-state index in [-0.39, 0.29) is 5.91 Å². The first-order chi connectivity index (χ1) is 19.3. The van der Waals surface area contributed by atoms with Crippen LogP contribution in [0.2, 0.25) is 0 Å². The molecule has 0 spiro atoms. The number of nitrogens with zero attached hydrogens (tertiary/aromatic N) is 4. The first kappa shape index (κ1) is 25.8. The molecular weight excluding hydrogens is 500 g/mol. The number of likely N-dealkylation sites (N-methyl/N-ethyl adjacent to an activating group) is 1. The fraction of sp³-hybridized carbons (Fsp3) is 0.281. The molecule has 6 rings (SSSR count). The van der Waals surface area contributed by atoms with Crippen LogP contribution >= 0.6 is 0 Å². The lowest BCUT2D eigenvalue weighted by Gasteiger charge is -2.43. The second-order valence-corrected chi connectivity index (χ2v) is 10.9. The van der Waals surface area contributed by atoms with Gasteiger partial charge in [0.25, 0.3) is 5.91 Å². The number of amides is 1. The minimum absolute atomic E-state index is 0.132. The molecular formula is C32H34N6O2. The van der Waals surface area contributed by atoms with E-state index >= 15 is 0 Å². The van der Waals surface area contributed by atoms with Gasteiger partial charge in [-0.3, -0.25) is 9.69 Å². The van der Waals surface area contributed by atoms with Crippen molar-refractivity contribution in [2.24, 2.45) is 0 Å². The van der Waals surface area contributed by atoms with Gasteiger partial charge in [-0.25, -0.2) is 0 Å². The van der Waals surface area contributed by atoms with Crippen molar-refractivity contribution in [3.05, 3.63) is 83.9 Å². The summed E-state index contributed by atoms with van der Waals surface area (Å²) in [7, 11) is 2.19. The molecule has 2 aromatic heterocycles. The first-order valence-electron chi connectivity index (χ1n) is 13.7. The van der Waals surface area contributed by atoms with Crippen molar-refractivity contribution in [1.29, 1.82) is 0 Å². The Morgan fingerprint density at radius 2 is 1.70 bits per heavy atom. The Balaban J connectivity index is 1.19. The standard InChI is InChI=1S/C32H34N6O2/c1-19-14-24(31-34-22(4)40-36-31)8-12-27(19)23-6-9-25(10-7-23)35-32(39)29-16-33-30-13-11-26(15-28(29)30)38-17-20(2)37(5)21(3)18-38/h6-16,20-21,33H,17-18H2,1-5H3,(H,35,39)/t20-,21+. The van der Waals surface area contributed by atoms with E-state index in [2.05, 4.69) is 88.4 Å². The molecule has 2 atom stereocenters. The van der Waals surface area contributed by atoms with Gasteiger partial charge in [0.15, 0.2) is 0 Å². The van der Waals surface area contributed by atoms with Crippen LogP contribution in [0.1, 0.15) is 35.7 Å². The molecule has 0 bridgehead atoms. The number of carbonyl (C=O) groups is 1. The van der Waals surface area contributed by atoms with E-state index in [1.807, 2.05) is 30.3 Å². The number of hydrogen-bond donors (Lipinski definition) is 2. The number of H-pyrrole nitrogens is 1. The average molecular weight is 535 g/mol. The molecule has 5 aromatic rings. The van der Waals surface area contributed by atoms with Gasteiger partial charge in [0.2, 0.25) is 11.7 Å². The first-order valence-corrected chi connectivity index (χ1v) is 13.7. The highest BCUT2D eigenvalue weighted by molar-refractivity contribution is 6.13. The zero-order chi connectivity index (χ0) is 28.0. The van der Waals surface area contributed by atoms with Crippen LogP contribution in [0.25, 0.3) is 33.4 Å². The molecule has 8 nitrogen and oxygen atoms in total. The van der Waals surface area contributed by atoms with Crippen molar-refractivity contribution in [1.82, 2.24) is 20.0 Å². The zero-order valence-corrected chi connectivity index (χ0v) is 23.5. The predicted octanol–water partition coefficient (Wildman–Crippen LogP) is 6.28. The third kappa shape index (κ3) is 4.86. The Kier molecular flexibility index (Phi) is 6.64. The second-order valence-electron chi connectivity index (χ2n) is 10.9. The Morgan fingerprint density at radius 3 is 2.38 bits per heavy atom. The number of aryl methyl sites for hydroxylation is 2. The van der Waals surface area contributed by atoms with Gasteiger partial charge in [0.05, 0.1) is 5.56 Å². The number of nitrogens with one attached hydrogen (secondary N) is 2. The summed E-state index contributed by atoms with van der Waals surface area (Å²) in [5.41, 5.74) is 7.69. The maximum absolute atomic E-state index is 13.3. The smallest absolute Gasteiger partial charge is 0.257 e. The lowest BCUT2D eigenvalue weighted by molar-refractivity contribution is 0.102. The summed E-state index contributed by atoms with van der Waals surface area (Å²) in [6.45, 7) is 10.3. The number of hydrogen-bond acceptors (Lipinski definition) is 6. The SMILES string of the molecule is Cc1nc(-c2ccc(-c3ccc(NC(=O)c4c[nH]c5ccc(N6C[C@@H](C)N(C)[C@@H](C)C6)cc45)cc3)c(C)c2)no1. The molecule has 40 heavy (non-hydrogen) atoms. The average Bonchev–Trinajstić information content (AvgIpc) is 3.58. The van der Waals surface area contributed by atoms with Gasteiger partial charge in [-0.1, -0.05) is 29.4 Å². The summed E-state index contributed by atoms with van der Waals surface area (Å²) < 4.78 is 5.11. The highest BCUT2D eigenvalue weighted by Gasteiger charge is 2.27. The van der Waals surface area contributed by atoms with Gasteiger partial charge in [0, 0.05) is 66.1 Å². The maximum atomic E-state index is 13.3. The van der Waals surface area contributed by atoms with E-state index in [1.165, 1.54) is 0 Å². The minimum Gasteiger partial charge on any atom is -0.368 e. The Hall–Kier alpha value is -4.43. The fourth-order valence-electron chi connectivity index (χ4n) is 5.58. The number of aromatic nitrogens is 3. The van der Waals surface area contributed by atoms with E-state index in [0.29, 0.717) is 29.4 Å². The summed E-state index contributed by atoms with van der Waals surface area (Å²) in [6, 6.07) is 21.3. The summed E-state index contributed by atoms with van der Waals surface area (Å²) in [4.78, 5) is 25.8. The number of piperazine rings is 1. The van der Waals surface area contributed by atoms with Gasteiger partial charge >= 0.3 is 0 Å². The summed E-state index contributed by atoms with van der Waals surface area (Å²) >= 11 is 0. The third-order valence-electron chi connectivity index (χ3n) is 8.10. The lowest BCUT2D eigenvalue weighted by Crippen LogP contribution is -2.55. The largest absolute Gasteiger partial charge is 0.368 e. The molecule has 3 aromatic carbocycles. The Labute approximate surface area is 234 Å². The van der Waals surface area contributed by atoms with E-state index in [9.17, 15) is 4.79 Å². The quantitative estimate of drug-likeness (QED) is 0.276. The van der Waals surface area contributed by atoms with E-state index < -0.39 is 0 Å². The Bertz CT molecular complexity index is 1670. The predicted molar refractivity (Wildman–Crippen MR) is 160 cm³/mol. The number of benzene rings is 3. The lowest BCUT2D eigenvalue weighted by atomic mass is 9.98. The van der Waals surface area contributed by atoms with Crippen LogP contribution in [0.4, 0.5) is 11.4 Å². The highest BCUT2D eigenvalue weighted by Crippen LogP contribution is 2.30. The molecule has 0 saturated carbocycles. The normalized spacial score (nSPS) is 17.9. The summed E-state index contributed by atoms with van der Waals surface area (Å²) in [5.74, 6) is 0.996. The van der Waals surface area contributed by atoms with Crippen LogP contribution < -0.4 is 10.2 Å². The zero-order valence-electron chi connectivity index (χ0n) is 23.5. The van der Waals surface area contributed by atoms with Crippen molar-refractivity contribution in [3.8, 4) is 22.5 Å². The van der Waals surface area contributed by atoms with Gasteiger partial charge in [-0.05, 0) is 80.9 Å². The highest BCUT2D eigenvalue weighted by atomic mass is 16.5. The molecule has 204 valence electrons. The number of fused-ring (bicyclic) bond motifs is 1.